The first-order valence-electron chi connectivity index (χ1n) is 8.08. The van der Waals surface area contributed by atoms with E-state index in [-0.39, 0.29) is 5.82 Å². The Balaban J connectivity index is 1.60. The predicted molar refractivity (Wildman–Crippen MR) is 92.8 cm³/mol. The van der Waals surface area contributed by atoms with Gasteiger partial charge < -0.3 is 9.64 Å². The minimum absolute atomic E-state index is 0.174. The van der Waals surface area contributed by atoms with Crippen LogP contribution in [0.25, 0.3) is 0 Å². The van der Waals surface area contributed by atoms with Gasteiger partial charge in [0.25, 0.3) is 0 Å². The first-order chi connectivity index (χ1) is 11.6. The fourth-order valence-corrected chi connectivity index (χ4v) is 3.03. The highest BCUT2D eigenvalue weighted by Crippen LogP contribution is 2.19. The monoisotopic (exact) mass is 330 g/mol. The lowest BCUT2D eigenvalue weighted by Crippen LogP contribution is -2.46. The fraction of sp³-hybridized carbons (Fsp3) is 0.389. The SMILES string of the molecule is C=C1NN=C(OC)C=C1N1CCN(Cc2ccc(F)cc2C)CC1. The van der Waals surface area contributed by atoms with Gasteiger partial charge in [-0.3, -0.25) is 10.3 Å². The minimum Gasteiger partial charge on any atom is -0.480 e. The first kappa shape index (κ1) is 16.5. The molecule has 0 saturated carbocycles. The third-order valence-electron chi connectivity index (χ3n) is 4.49. The Morgan fingerprint density at radius 1 is 1.29 bits per heavy atom. The Kier molecular flexibility index (Phi) is 4.85. The number of halogens is 1. The highest BCUT2D eigenvalue weighted by Gasteiger charge is 2.23. The number of hydrogen-bond donors (Lipinski definition) is 1. The molecule has 2 aliphatic rings. The van der Waals surface area contributed by atoms with E-state index in [1.54, 1.807) is 13.2 Å². The number of nitrogens with zero attached hydrogens (tertiary/aromatic N) is 3. The van der Waals surface area contributed by atoms with Crippen molar-refractivity contribution in [2.45, 2.75) is 13.5 Å². The van der Waals surface area contributed by atoms with E-state index in [2.05, 4.69) is 26.9 Å². The summed E-state index contributed by atoms with van der Waals surface area (Å²) >= 11 is 0. The summed E-state index contributed by atoms with van der Waals surface area (Å²) in [5.41, 5.74) is 6.91. The molecular formula is C18H23FN4O. The Morgan fingerprint density at radius 3 is 2.71 bits per heavy atom. The van der Waals surface area contributed by atoms with Crippen LogP contribution in [0.4, 0.5) is 4.39 Å². The molecule has 2 aliphatic heterocycles. The van der Waals surface area contributed by atoms with Crippen LogP contribution >= 0.6 is 0 Å². The molecule has 0 radical (unpaired) electrons. The maximum Gasteiger partial charge on any atom is 0.232 e. The van der Waals surface area contributed by atoms with E-state index >= 15 is 0 Å². The van der Waals surface area contributed by atoms with Crippen molar-refractivity contribution in [1.29, 1.82) is 0 Å². The molecule has 5 nitrogen and oxygen atoms in total. The average molecular weight is 330 g/mol. The number of benzene rings is 1. The lowest BCUT2D eigenvalue weighted by Gasteiger charge is -2.38. The minimum atomic E-state index is -0.174. The zero-order valence-corrected chi connectivity index (χ0v) is 14.2. The lowest BCUT2D eigenvalue weighted by atomic mass is 10.1. The van der Waals surface area contributed by atoms with Gasteiger partial charge in [0.1, 0.15) is 5.82 Å². The van der Waals surface area contributed by atoms with Crippen molar-refractivity contribution in [2.24, 2.45) is 5.10 Å². The second-order valence-corrected chi connectivity index (χ2v) is 6.11. The molecule has 0 bridgehead atoms. The molecule has 3 rings (SSSR count). The van der Waals surface area contributed by atoms with Gasteiger partial charge in [0, 0.05) is 38.8 Å². The van der Waals surface area contributed by atoms with Crippen molar-refractivity contribution >= 4 is 5.90 Å². The molecule has 0 aromatic heterocycles. The van der Waals surface area contributed by atoms with Crippen LogP contribution in [0.1, 0.15) is 11.1 Å². The number of nitrogens with one attached hydrogen (secondary N) is 1. The summed E-state index contributed by atoms with van der Waals surface area (Å²) in [7, 11) is 1.60. The van der Waals surface area contributed by atoms with E-state index in [1.165, 1.54) is 11.6 Å². The number of hydrogen-bond acceptors (Lipinski definition) is 5. The normalized spacial score (nSPS) is 18.8. The summed E-state index contributed by atoms with van der Waals surface area (Å²) in [6.07, 6.45) is 1.92. The standard InChI is InChI=1S/C18H23FN4O/c1-13-10-16(19)5-4-15(13)12-22-6-8-23(9-7-22)17-11-18(24-3)21-20-14(17)2/h4-5,10-11,20H,2,6-9,12H2,1,3H3. The van der Waals surface area contributed by atoms with Crippen molar-refractivity contribution in [2.75, 3.05) is 33.3 Å². The molecule has 6 heteroatoms. The fourth-order valence-electron chi connectivity index (χ4n) is 3.03. The molecule has 24 heavy (non-hydrogen) atoms. The zero-order chi connectivity index (χ0) is 17.1. The summed E-state index contributed by atoms with van der Waals surface area (Å²) in [6.45, 7) is 10.5. The van der Waals surface area contributed by atoms with Gasteiger partial charge in [-0.15, -0.1) is 5.10 Å². The Labute approximate surface area is 142 Å². The zero-order valence-electron chi connectivity index (χ0n) is 14.2. The van der Waals surface area contributed by atoms with Gasteiger partial charge in [-0.1, -0.05) is 12.6 Å². The highest BCUT2D eigenvalue weighted by molar-refractivity contribution is 5.89. The molecule has 0 amide bonds. The molecule has 0 spiro atoms. The number of ether oxygens (including phenoxy) is 1. The van der Waals surface area contributed by atoms with Crippen molar-refractivity contribution in [3.8, 4) is 0 Å². The van der Waals surface area contributed by atoms with E-state index in [0.29, 0.717) is 5.90 Å². The molecule has 1 N–H and O–H groups in total. The van der Waals surface area contributed by atoms with Gasteiger partial charge in [0.15, 0.2) is 0 Å². The van der Waals surface area contributed by atoms with Gasteiger partial charge in [-0.05, 0) is 30.2 Å². The third kappa shape index (κ3) is 3.59. The first-order valence-corrected chi connectivity index (χ1v) is 8.08. The number of rotatable bonds is 3. The molecule has 1 aromatic carbocycles. The quantitative estimate of drug-likeness (QED) is 0.922. The Morgan fingerprint density at radius 2 is 2.04 bits per heavy atom. The molecule has 0 atom stereocenters. The summed E-state index contributed by atoms with van der Waals surface area (Å²) < 4.78 is 18.4. The summed E-state index contributed by atoms with van der Waals surface area (Å²) in [6, 6.07) is 5.01. The van der Waals surface area contributed by atoms with Gasteiger partial charge in [-0.2, -0.15) is 0 Å². The van der Waals surface area contributed by atoms with E-state index in [9.17, 15) is 4.39 Å². The van der Waals surface area contributed by atoms with Crippen LogP contribution in [0, 0.1) is 12.7 Å². The maximum atomic E-state index is 13.2. The molecule has 0 unspecified atom stereocenters. The summed E-state index contributed by atoms with van der Waals surface area (Å²) in [4.78, 5) is 4.68. The van der Waals surface area contributed by atoms with Crippen LogP contribution in [0.2, 0.25) is 0 Å². The molecule has 128 valence electrons. The number of piperazine rings is 1. The van der Waals surface area contributed by atoms with Crippen molar-refractivity contribution < 1.29 is 9.13 Å². The molecule has 1 aromatic rings. The van der Waals surface area contributed by atoms with Crippen LogP contribution < -0.4 is 5.43 Å². The van der Waals surface area contributed by atoms with Crippen molar-refractivity contribution in [3.05, 3.63) is 59.2 Å². The second-order valence-electron chi connectivity index (χ2n) is 6.11. The van der Waals surface area contributed by atoms with E-state index in [0.717, 1.165) is 49.7 Å². The molecule has 1 saturated heterocycles. The third-order valence-corrected chi connectivity index (χ3v) is 4.49. The van der Waals surface area contributed by atoms with Crippen molar-refractivity contribution in [3.63, 3.8) is 0 Å². The second kappa shape index (κ2) is 7.05. The lowest BCUT2D eigenvalue weighted by molar-refractivity contribution is 0.153. The van der Waals surface area contributed by atoms with E-state index in [1.807, 2.05) is 19.1 Å². The largest absolute Gasteiger partial charge is 0.480 e. The van der Waals surface area contributed by atoms with Gasteiger partial charge in [0.05, 0.1) is 18.5 Å². The van der Waals surface area contributed by atoms with Gasteiger partial charge in [-0.25, -0.2) is 4.39 Å². The number of methoxy groups -OCH3 is 1. The Bertz CT molecular complexity index is 690. The molecule has 0 aliphatic carbocycles. The number of aryl methyl sites for hydroxylation is 1. The van der Waals surface area contributed by atoms with Gasteiger partial charge in [0.2, 0.25) is 5.90 Å². The van der Waals surface area contributed by atoms with Crippen LogP contribution in [0.5, 0.6) is 0 Å². The molecule has 1 fully saturated rings. The predicted octanol–water partition coefficient (Wildman–Crippen LogP) is 2.21. The smallest absolute Gasteiger partial charge is 0.232 e. The van der Waals surface area contributed by atoms with Crippen LogP contribution in [-0.2, 0) is 11.3 Å². The highest BCUT2D eigenvalue weighted by atomic mass is 19.1. The van der Waals surface area contributed by atoms with Crippen LogP contribution in [-0.4, -0.2) is 49.0 Å². The molecule has 2 heterocycles. The van der Waals surface area contributed by atoms with E-state index in [4.69, 9.17) is 4.74 Å². The molecular weight excluding hydrogens is 307 g/mol. The van der Waals surface area contributed by atoms with Crippen LogP contribution in [0.15, 0.2) is 47.3 Å². The van der Waals surface area contributed by atoms with Gasteiger partial charge >= 0.3 is 0 Å². The maximum absolute atomic E-state index is 13.2. The van der Waals surface area contributed by atoms with Crippen LogP contribution in [0.3, 0.4) is 0 Å². The van der Waals surface area contributed by atoms with Crippen molar-refractivity contribution in [1.82, 2.24) is 15.2 Å². The summed E-state index contributed by atoms with van der Waals surface area (Å²) in [5, 5.41) is 4.06. The summed E-state index contributed by atoms with van der Waals surface area (Å²) in [5.74, 6) is 0.383. The average Bonchev–Trinajstić information content (AvgIpc) is 2.59. The van der Waals surface area contributed by atoms with E-state index < -0.39 is 0 Å². The number of hydrazone groups is 1. The Hall–Kier alpha value is -2.34. The topological polar surface area (TPSA) is 40.1 Å².